The molecule has 0 unspecified atom stereocenters. The van der Waals surface area contributed by atoms with Gasteiger partial charge in [0.25, 0.3) is 17.9 Å². The molecule has 0 atom stereocenters. The highest BCUT2D eigenvalue weighted by Crippen LogP contribution is 2.15. The third-order valence-corrected chi connectivity index (χ3v) is 7.80. The zero-order valence-electron chi connectivity index (χ0n) is 21.8. The summed E-state index contributed by atoms with van der Waals surface area (Å²) in [7, 11) is 0. The molecule has 0 bridgehead atoms. The predicted octanol–water partition coefficient (Wildman–Crippen LogP) is 7.61. The fourth-order valence-corrected chi connectivity index (χ4v) is 5.42. The van der Waals surface area contributed by atoms with E-state index in [1.165, 1.54) is 77.0 Å². The normalized spacial score (nSPS) is 15.7. The van der Waals surface area contributed by atoms with Crippen LogP contribution in [0.4, 0.5) is 0 Å². The first-order chi connectivity index (χ1) is 16.6. The molecule has 6 nitrogen and oxygen atoms in total. The second kappa shape index (κ2) is 22.4. The van der Waals surface area contributed by atoms with Crippen molar-refractivity contribution in [2.24, 2.45) is 0 Å². The second-order valence-corrected chi connectivity index (χ2v) is 11.0. The van der Waals surface area contributed by atoms with Gasteiger partial charge in [0.15, 0.2) is 0 Å². The lowest BCUT2D eigenvalue weighted by atomic mass is 10.0. The number of carbonyl (C=O) groups excluding carboxylic acids is 3. The monoisotopic (exact) mass is 496 g/mol. The molecule has 1 aliphatic heterocycles. The van der Waals surface area contributed by atoms with Crippen LogP contribution < -0.4 is 0 Å². The fraction of sp³-hybridized carbons (Fsp3) is 0.889. The average Bonchev–Trinajstić information content (AvgIpc) is 2.80. The van der Waals surface area contributed by atoms with E-state index in [2.05, 4.69) is 6.92 Å². The van der Waals surface area contributed by atoms with Gasteiger partial charge in [-0.1, -0.05) is 116 Å². The van der Waals surface area contributed by atoms with Gasteiger partial charge in [-0.15, -0.1) is 0 Å². The average molecular weight is 497 g/mol. The van der Waals surface area contributed by atoms with Crippen LogP contribution in [0.25, 0.3) is 0 Å². The molecule has 1 rings (SSSR count). The number of carbonyl (C=O) groups is 3. The topological polar surface area (TPSA) is 78.9 Å². The summed E-state index contributed by atoms with van der Waals surface area (Å²) < 4.78 is 15.7. The van der Waals surface area contributed by atoms with Gasteiger partial charge < -0.3 is 11.4 Å². The van der Waals surface area contributed by atoms with E-state index in [-0.39, 0.29) is 19.3 Å². The van der Waals surface area contributed by atoms with Crippen molar-refractivity contribution < 1.29 is 25.7 Å². The Bertz CT molecular complexity index is 517. The van der Waals surface area contributed by atoms with Gasteiger partial charge in [-0.05, 0) is 19.3 Å². The van der Waals surface area contributed by atoms with Gasteiger partial charge in [0.2, 0.25) is 0 Å². The number of hydrogen-bond donors (Lipinski definition) is 0. The Morgan fingerprint density at radius 2 is 1.03 bits per heavy atom. The van der Waals surface area contributed by atoms with Gasteiger partial charge in [-0.2, -0.15) is 0 Å². The van der Waals surface area contributed by atoms with Crippen molar-refractivity contribution in [1.82, 2.24) is 0 Å². The molecule has 0 aromatic heterocycles. The molecule has 1 fully saturated rings. The van der Waals surface area contributed by atoms with Crippen LogP contribution in [0, 0.1) is 0 Å². The molecule has 0 spiro atoms. The third kappa shape index (κ3) is 19.3. The quantitative estimate of drug-likeness (QED) is 0.152. The summed E-state index contributed by atoms with van der Waals surface area (Å²) in [5, 5.41) is 0. The van der Waals surface area contributed by atoms with E-state index in [1.54, 1.807) is 0 Å². The highest BCUT2D eigenvalue weighted by Gasteiger charge is 2.48. The molecule has 34 heavy (non-hydrogen) atoms. The van der Waals surface area contributed by atoms with Crippen molar-refractivity contribution in [2.45, 2.75) is 155 Å². The lowest BCUT2D eigenvalue weighted by molar-refractivity contribution is -0.148. The molecular weight excluding hydrogens is 447 g/mol. The molecular formula is C27H49AlO6. The van der Waals surface area contributed by atoms with Crippen molar-refractivity contribution >= 4 is 33.1 Å². The molecule has 0 amide bonds. The Kier molecular flexibility index (Phi) is 20.4. The predicted molar refractivity (Wildman–Crippen MR) is 136 cm³/mol. The van der Waals surface area contributed by atoms with Crippen molar-refractivity contribution in [3.63, 3.8) is 0 Å². The summed E-state index contributed by atoms with van der Waals surface area (Å²) in [5.41, 5.74) is 0. The molecule has 0 N–H and O–H groups in total. The van der Waals surface area contributed by atoms with E-state index >= 15 is 0 Å². The summed E-state index contributed by atoms with van der Waals surface area (Å²) in [6, 6.07) is 0. The van der Waals surface area contributed by atoms with Gasteiger partial charge in [0, 0.05) is 19.3 Å². The van der Waals surface area contributed by atoms with Gasteiger partial charge in [0.05, 0.1) is 0 Å². The Balaban J connectivity index is 2.03. The number of hydrogen-bond acceptors (Lipinski definition) is 6. The Morgan fingerprint density at radius 3 is 1.47 bits per heavy atom. The first kappa shape index (κ1) is 31.0. The van der Waals surface area contributed by atoms with Crippen LogP contribution in [0.15, 0.2) is 0 Å². The Morgan fingerprint density at radius 1 is 0.647 bits per heavy atom. The highest BCUT2D eigenvalue weighted by molar-refractivity contribution is 6.44. The van der Waals surface area contributed by atoms with E-state index in [4.69, 9.17) is 11.4 Å². The Labute approximate surface area is 213 Å². The summed E-state index contributed by atoms with van der Waals surface area (Å²) in [4.78, 5) is 36.0. The van der Waals surface area contributed by atoms with E-state index in [0.717, 1.165) is 51.4 Å². The van der Waals surface area contributed by atoms with Gasteiger partial charge in [-0.3, -0.25) is 14.4 Å². The van der Waals surface area contributed by atoms with Crippen LogP contribution in [0.1, 0.15) is 155 Å². The molecule has 0 aromatic carbocycles. The zero-order valence-corrected chi connectivity index (χ0v) is 22.9. The summed E-state index contributed by atoms with van der Waals surface area (Å²) in [5.74, 6) is -1.31. The van der Waals surface area contributed by atoms with E-state index < -0.39 is 33.1 Å². The largest absolute Gasteiger partial charge is 1.20 e. The molecule has 0 aromatic rings. The maximum absolute atomic E-state index is 12.2. The molecule has 7 heteroatoms. The van der Waals surface area contributed by atoms with Crippen LogP contribution >= 0.6 is 0 Å². The van der Waals surface area contributed by atoms with Crippen LogP contribution in [-0.4, -0.2) is 33.1 Å². The third-order valence-electron chi connectivity index (χ3n) is 6.43. The minimum atomic E-state index is -3.10. The zero-order chi connectivity index (χ0) is 24.7. The van der Waals surface area contributed by atoms with Gasteiger partial charge in [-0.25, -0.2) is 0 Å². The fourth-order valence-electron chi connectivity index (χ4n) is 4.28. The minimum Gasteiger partial charge on any atom is -0.551 e. The number of rotatable bonds is 17. The highest BCUT2D eigenvalue weighted by atomic mass is 27.3. The summed E-state index contributed by atoms with van der Waals surface area (Å²) >= 11 is -3.10. The molecule has 0 radical (unpaired) electrons. The summed E-state index contributed by atoms with van der Waals surface area (Å²) in [6.07, 6.45) is 24.2. The van der Waals surface area contributed by atoms with Crippen LogP contribution in [0.3, 0.4) is 0 Å². The van der Waals surface area contributed by atoms with Crippen molar-refractivity contribution in [3.8, 4) is 0 Å². The van der Waals surface area contributed by atoms with Crippen LogP contribution in [0.2, 0.25) is 0 Å². The summed E-state index contributed by atoms with van der Waals surface area (Å²) in [6.45, 7) is 2.26. The van der Waals surface area contributed by atoms with Crippen LogP contribution in [0.5, 0.6) is 0 Å². The van der Waals surface area contributed by atoms with Crippen molar-refractivity contribution in [3.05, 3.63) is 0 Å². The Hall–Kier alpha value is -1.06. The molecule has 1 aliphatic rings. The second-order valence-electron chi connectivity index (χ2n) is 9.73. The van der Waals surface area contributed by atoms with E-state index in [9.17, 15) is 14.4 Å². The first-order valence-corrected chi connectivity index (χ1v) is 15.6. The molecule has 1 saturated heterocycles. The molecule has 0 aliphatic carbocycles. The lowest BCUT2D eigenvalue weighted by Crippen LogP contribution is -2.34. The first-order valence-electron chi connectivity index (χ1n) is 14.2. The SMILES string of the molecule is CCCCCCCCCCCCCCCCCC(=O)[O][Al]1[O]C(=O)CCCCCCCC(=O)[O]1. The number of unbranched alkanes of at least 4 members (excludes halogenated alkanes) is 14. The van der Waals surface area contributed by atoms with E-state index in [0.29, 0.717) is 0 Å². The van der Waals surface area contributed by atoms with Gasteiger partial charge in [0.1, 0.15) is 0 Å². The smallest absolute Gasteiger partial charge is 0.551 e. The minimum absolute atomic E-state index is 0.275. The van der Waals surface area contributed by atoms with E-state index in [1.807, 2.05) is 0 Å². The lowest BCUT2D eigenvalue weighted by Gasteiger charge is -2.14. The molecule has 196 valence electrons. The van der Waals surface area contributed by atoms with Crippen LogP contribution in [-0.2, 0) is 25.7 Å². The maximum Gasteiger partial charge on any atom is 1.20 e. The molecule has 0 saturated carbocycles. The molecule has 1 heterocycles. The standard InChI is InChI=1S/C18H36O2.C9H16O4.Al/c1-2-3-4-5-6-7-8-9-10-11-12-13-14-15-16-17-18(19)20;10-8(11)6-4-2-1-3-5-7-9(12)13;/h2-17H2,1H3,(H,19,20);1-7H2,(H,10,11)(H,12,13);/q;;+3/p-3. The van der Waals surface area contributed by atoms with Crippen molar-refractivity contribution in [1.29, 1.82) is 0 Å². The van der Waals surface area contributed by atoms with Gasteiger partial charge >= 0.3 is 15.1 Å². The maximum atomic E-state index is 12.2. The van der Waals surface area contributed by atoms with Crippen molar-refractivity contribution in [2.75, 3.05) is 0 Å².